The molecule has 20 heavy (non-hydrogen) atoms. The van der Waals surface area contributed by atoms with E-state index >= 15 is 0 Å². The molecule has 0 aliphatic heterocycles. The maximum absolute atomic E-state index is 3.88. The number of rotatable bonds is 5. The van der Waals surface area contributed by atoms with Gasteiger partial charge in [-0.15, -0.1) is 13.2 Å². The summed E-state index contributed by atoms with van der Waals surface area (Å²) in [6.07, 6.45) is 9.54. The van der Waals surface area contributed by atoms with Crippen LogP contribution in [0.15, 0.2) is 49.7 Å². The van der Waals surface area contributed by atoms with Crippen LogP contribution in [-0.2, 0) is 12.8 Å². The number of aryl methyl sites for hydroxylation is 1. The van der Waals surface area contributed by atoms with Gasteiger partial charge in [0.15, 0.2) is 0 Å². The highest BCUT2D eigenvalue weighted by Crippen LogP contribution is 2.30. The van der Waals surface area contributed by atoms with Crippen molar-refractivity contribution in [2.45, 2.75) is 25.3 Å². The molecule has 1 aromatic heterocycles. The molecule has 2 aromatic rings. The summed E-state index contributed by atoms with van der Waals surface area (Å²) in [6.45, 7) is 9.64. The number of aromatic nitrogens is 1. The highest BCUT2D eigenvalue weighted by Gasteiger charge is 2.24. The number of aromatic amines is 1. The molecule has 104 valence electrons. The number of nitrogens with one attached hydrogen (secondary N) is 1. The molecule has 3 rings (SSSR count). The summed E-state index contributed by atoms with van der Waals surface area (Å²) in [4.78, 5) is 5.89. The Morgan fingerprint density at radius 2 is 2.00 bits per heavy atom. The second kappa shape index (κ2) is 5.68. The summed E-state index contributed by atoms with van der Waals surface area (Å²) in [6, 6.07) is 7.28. The third kappa shape index (κ3) is 2.32. The molecular formula is C18H22N2. The predicted molar refractivity (Wildman–Crippen MR) is 86.1 cm³/mol. The molecule has 0 spiro atoms. The minimum atomic E-state index is 0.590. The van der Waals surface area contributed by atoms with Gasteiger partial charge < -0.3 is 4.98 Å². The van der Waals surface area contributed by atoms with Gasteiger partial charge >= 0.3 is 0 Å². The molecule has 0 saturated carbocycles. The molecule has 0 saturated heterocycles. The fraction of sp³-hybridized carbons (Fsp3) is 0.333. The van der Waals surface area contributed by atoms with E-state index in [2.05, 4.69) is 41.2 Å². The molecule has 1 atom stereocenters. The Morgan fingerprint density at radius 3 is 2.75 bits per heavy atom. The van der Waals surface area contributed by atoms with Gasteiger partial charge in [-0.05, 0) is 41.8 Å². The Bertz CT molecular complexity index is 613. The number of fused-ring (bicyclic) bond motifs is 3. The van der Waals surface area contributed by atoms with E-state index in [1.165, 1.54) is 34.9 Å². The maximum atomic E-state index is 3.88. The van der Waals surface area contributed by atoms with Crippen molar-refractivity contribution in [1.29, 1.82) is 0 Å². The monoisotopic (exact) mass is 266 g/mol. The molecule has 0 fully saturated rings. The number of benzene rings is 1. The van der Waals surface area contributed by atoms with Gasteiger partial charge in [0.2, 0.25) is 0 Å². The van der Waals surface area contributed by atoms with E-state index in [1.54, 1.807) is 0 Å². The summed E-state index contributed by atoms with van der Waals surface area (Å²) in [5.41, 5.74) is 4.33. The fourth-order valence-electron chi connectivity index (χ4n) is 3.38. The van der Waals surface area contributed by atoms with Crippen LogP contribution in [0.2, 0.25) is 0 Å². The zero-order valence-electron chi connectivity index (χ0n) is 11.9. The lowest BCUT2D eigenvalue weighted by molar-refractivity contribution is 0.220. The van der Waals surface area contributed by atoms with Gasteiger partial charge in [0.05, 0.1) is 0 Å². The van der Waals surface area contributed by atoms with E-state index in [4.69, 9.17) is 0 Å². The number of hydrogen-bond acceptors (Lipinski definition) is 1. The van der Waals surface area contributed by atoms with Gasteiger partial charge in [-0.3, -0.25) is 4.90 Å². The van der Waals surface area contributed by atoms with Gasteiger partial charge in [0.1, 0.15) is 0 Å². The van der Waals surface area contributed by atoms with Crippen LogP contribution in [0, 0.1) is 0 Å². The summed E-state index contributed by atoms with van der Waals surface area (Å²) < 4.78 is 0. The van der Waals surface area contributed by atoms with E-state index in [1.807, 2.05) is 18.3 Å². The van der Waals surface area contributed by atoms with Crippen LogP contribution in [0.4, 0.5) is 0 Å². The normalized spacial score (nSPS) is 18.1. The molecule has 2 nitrogen and oxygen atoms in total. The van der Waals surface area contributed by atoms with Crippen LogP contribution in [0.5, 0.6) is 0 Å². The van der Waals surface area contributed by atoms with E-state index in [0.29, 0.717) is 6.04 Å². The maximum Gasteiger partial charge on any atom is 0.0489 e. The van der Waals surface area contributed by atoms with Gasteiger partial charge in [0, 0.05) is 30.8 Å². The first kappa shape index (κ1) is 13.2. The van der Waals surface area contributed by atoms with E-state index in [9.17, 15) is 0 Å². The Kier molecular flexibility index (Phi) is 3.75. The minimum absolute atomic E-state index is 0.590. The highest BCUT2D eigenvalue weighted by molar-refractivity contribution is 5.84. The highest BCUT2D eigenvalue weighted by atomic mass is 15.1. The lowest BCUT2D eigenvalue weighted by Crippen LogP contribution is -2.39. The van der Waals surface area contributed by atoms with Crippen LogP contribution in [0.1, 0.15) is 17.5 Å². The Balaban J connectivity index is 1.91. The average molecular weight is 266 g/mol. The largest absolute Gasteiger partial charge is 0.361 e. The van der Waals surface area contributed by atoms with Crippen LogP contribution in [-0.4, -0.2) is 29.0 Å². The summed E-state index contributed by atoms with van der Waals surface area (Å²) in [7, 11) is 0. The zero-order valence-corrected chi connectivity index (χ0v) is 11.9. The van der Waals surface area contributed by atoms with Crippen LogP contribution in [0.3, 0.4) is 0 Å². The molecule has 1 N–H and O–H groups in total. The van der Waals surface area contributed by atoms with E-state index in [0.717, 1.165) is 19.5 Å². The quantitative estimate of drug-likeness (QED) is 0.818. The molecule has 1 aliphatic rings. The number of H-pyrrole nitrogens is 1. The van der Waals surface area contributed by atoms with Crippen molar-refractivity contribution >= 4 is 10.9 Å². The van der Waals surface area contributed by atoms with Crippen molar-refractivity contribution in [1.82, 2.24) is 9.88 Å². The predicted octanol–water partition coefficient (Wildman–Crippen LogP) is 3.70. The molecule has 2 heteroatoms. The molecule has 0 radical (unpaired) electrons. The number of nitrogens with zero attached hydrogens (tertiary/aromatic N) is 1. The first-order valence-corrected chi connectivity index (χ1v) is 7.37. The van der Waals surface area contributed by atoms with Gasteiger partial charge in [-0.1, -0.05) is 24.3 Å². The Morgan fingerprint density at radius 1 is 1.20 bits per heavy atom. The Labute approximate surface area is 120 Å². The third-order valence-electron chi connectivity index (χ3n) is 4.36. The van der Waals surface area contributed by atoms with E-state index < -0.39 is 0 Å². The van der Waals surface area contributed by atoms with Gasteiger partial charge in [0.25, 0.3) is 0 Å². The third-order valence-corrected chi connectivity index (χ3v) is 4.36. The fourth-order valence-corrected chi connectivity index (χ4v) is 3.38. The second-order valence-electron chi connectivity index (χ2n) is 5.57. The van der Waals surface area contributed by atoms with Crippen LogP contribution in [0.25, 0.3) is 10.9 Å². The molecular weight excluding hydrogens is 244 g/mol. The summed E-state index contributed by atoms with van der Waals surface area (Å²) in [5, 5.41) is 1.32. The topological polar surface area (TPSA) is 19.0 Å². The average Bonchev–Trinajstić information content (AvgIpc) is 2.95. The molecule has 1 unspecified atom stereocenters. The van der Waals surface area contributed by atoms with Crippen molar-refractivity contribution in [2.24, 2.45) is 0 Å². The molecule has 1 heterocycles. The van der Waals surface area contributed by atoms with Crippen molar-refractivity contribution in [3.8, 4) is 0 Å². The lowest BCUT2D eigenvalue weighted by Gasteiger charge is -2.34. The zero-order chi connectivity index (χ0) is 13.9. The van der Waals surface area contributed by atoms with Gasteiger partial charge in [-0.2, -0.15) is 0 Å². The first-order chi connectivity index (χ1) is 9.83. The van der Waals surface area contributed by atoms with Crippen LogP contribution >= 0.6 is 0 Å². The molecule has 1 aromatic carbocycles. The van der Waals surface area contributed by atoms with Crippen LogP contribution < -0.4 is 0 Å². The van der Waals surface area contributed by atoms with Crippen molar-refractivity contribution in [3.05, 3.63) is 60.8 Å². The lowest BCUT2D eigenvalue weighted by atomic mass is 9.86. The van der Waals surface area contributed by atoms with Crippen molar-refractivity contribution in [3.63, 3.8) is 0 Å². The summed E-state index contributed by atoms with van der Waals surface area (Å²) in [5.74, 6) is 0. The Hall–Kier alpha value is -1.80. The second-order valence-corrected chi connectivity index (χ2v) is 5.57. The number of hydrogen-bond donors (Lipinski definition) is 1. The SMILES string of the molecule is C=CCN(CC=C)C1CCc2ccc3cc[nH]c3c2C1. The first-order valence-electron chi connectivity index (χ1n) is 7.37. The minimum Gasteiger partial charge on any atom is -0.361 e. The van der Waals surface area contributed by atoms with E-state index in [-0.39, 0.29) is 0 Å². The molecule has 1 aliphatic carbocycles. The molecule has 0 amide bonds. The van der Waals surface area contributed by atoms with Crippen molar-refractivity contribution < 1.29 is 0 Å². The van der Waals surface area contributed by atoms with Gasteiger partial charge in [-0.25, -0.2) is 0 Å². The van der Waals surface area contributed by atoms with Crippen molar-refractivity contribution in [2.75, 3.05) is 13.1 Å². The smallest absolute Gasteiger partial charge is 0.0489 e. The molecule has 0 bridgehead atoms. The standard InChI is InChI=1S/C18H22N2/c1-3-11-20(12-4-2)16-8-7-14-5-6-15-9-10-19-18(15)17(14)13-16/h3-6,9-10,16,19H,1-2,7-8,11-13H2. The summed E-state index contributed by atoms with van der Waals surface area (Å²) >= 11 is 0.